The van der Waals surface area contributed by atoms with Crippen LogP contribution in [0.4, 0.5) is 0 Å². The van der Waals surface area contributed by atoms with Crippen LogP contribution in [0.2, 0.25) is 0 Å². The molecule has 8 nitrogen and oxygen atoms in total. The van der Waals surface area contributed by atoms with Gasteiger partial charge in [-0.1, -0.05) is 17.7 Å². The van der Waals surface area contributed by atoms with Gasteiger partial charge in [-0.15, -0.1) is 0 Å². The van der Waals surface area contributed by atoms with Crippen LogP contribution in [-0.2, 0) is 14.3 Å². The lowest BCUT2D eigenvalue weighted by Gasteiger charge is -2.13. The molecule has 2 aromatic rings. The third-order valence-electron chi connectivity index (χ3n) is 4.42. The van der Waals surface area contributed by atoms with Crippen LogP contribution in [0.15, 0.2) is 24.3 Å². The number of aryl methyl sites for hydroxylation is 2. The maximum absolute atomic E-state index is 12.6. The Morgan fingerprint density at radius 1 is 1.14 bits per heavy atom. The fourth-order valence-electron chi connectivity index (χ4n) is 2.94. The van der Waals surface area contributed by atoms with Gasteiger partial charge in [0, 0.05) is 11.3 Å². The van der Waals surface area contributed by atoms with Crippen molar-refractivity contribution in [3.63, 3.8) is 0 Å². The van der Waals surface area contributed by atoms with E-state index in [0.717, 1.165) is 5.56 Å². The fourth-order valence-corrected chi connectivity index (χ4v) is 2.94. The molecule has 1 heterocycles. The number of benzene rings is 1. The van der Waals surface area contributed by atoms with Gasteiger partial charge in [-0.2, -0.15) is 0 Å². The molecule has 1 amide bonds. The SMILES string of the molecule is COC(=O)c1c(C)[nH]c(C(=O)[C@H](C)OC(=O)CNC(=O)c2cccc(C)c2)c1C. The topological polar surface area (TPSA) is 115 Å². The number of rotatable bonds is 7. The molecule has 0 saturated carbocycles. The number of hydrogen-bond acceptors (Lipinski definition) is 6. The van der Waals surface area contributed by atoms with Crippen LogP contribution < -0.4 is 5.32 Å². The zero-order chi connectivity index (χ0) is 21.7. The van der Waals surface area contributed by atoms with Gasteiger partial charge in [-0.25, -0.2) is 4.79 Å². The number of nitrogens with one attached hydrogen (secondary N) is 2. The van der Waals surface area contributed by atoms with Crippen LogP contribution in [0.25, 0.3) is 0 Å². The molecule has 154 valence electrons. The molecule has 0 fully saturated rings. The van der Waals surface area contributed by atoms with Gasteiger partial charge in [0.1, 0.15) is 6.54 Å². The van der Waals surface area contributed by atoms with Gasteiger partial charge in [-0.3, -0.25) is 14.4 Å². The van der Waals surface area contributed by atoms with Gasteiger partial charge in [-0.05, 0) is 45.4 Å². The molecule has 0 aliphatic heterocycles. The first-order valence-electron chi connectivity index (χ1n) is 9.01. The number of esters is 2. The summed E-state index contributed by atoms with van der Waals surface area (Å²) in [5, 5.41) is 2.46. The van der Waals surface area contributed by atoms with E-state index in [4.69, 9.17) is 9.47 Å². The summed E-state index contributed by atoms with van der Waals surface area (Å²) < 4.78 is 9.85. The first kappa shape index (κ1) is 21.9. The lowest BCUT2D eigenvalue weighted by atomic mass is 10.1. The summed E-state index contributed by atoms with van der Waals surface area (Å²) in [5.74, 6) is -2.21. The Labute approximate surface area is 168 Å². The first-order valence-corrected chi connectivity index (χ1v) is 9.01. The minimum Gasteiger partial charge on any atom is -0.465 e. The standard InChI is InChI=1S/C21H24N2O6/c1-11-7-6-8-15(9-11)20(26)22-10-16(24)29-14(4)19(25)18-12(2)17(13(3)23-18)21(27)28-5/h6-9,14,23H,10H2,1-5H3,(H,22,26)/t14-/m0/s1. The average Bonchev–Trinajstić information content (AvgIpc) is 2.98. The predicted molar refractivity (Wildman–Crippen MR) is 105 cm³/mol. The Kier molecular flexibility index (Phi) is 6.93. The second-order valence-electron chi connectivity index (χ2n) is 6.67. The third kappa shape index (κ3) is 5.10. The molecule has 2 N–H and O–H groups in total. The van der Waals surface area contributed by atoms with E-state index in [2.05, 4.69) is 10.3 Å². The lowest BCUT2D eigenvalue weighted by Crippen LogP contribution is -2.34. The van der Waals surface area contributed by atoms with Crippen molar-refractivity contribution in [2.45, 2.75) is 33.8 Å². The molecule has 1 aromatic heterocycles. The molecule has 0 unspecified atom stereocenters. The Morgan fingerprint density at radius 3 is 2.45 bits per heavy atom. The molecule has 0 saturated heterocycles. The highest BCUT2D eigenvalue weighted by molar-refractivity contribution is 6.04. The lowest BCUT2D eigenvalue weighted by molar-refractivity contribution is -0.145. The normalized spacial score (nSPS) is 11.5. The molecular weight excluding hydrogens is 376 g/mol. The zero-order valence-corrected chi connectivity index (χ0v) is 17.0. The number of methoxy groups -OCH3 is 1. The number of ketones is 1. The highest BCUT2D eigenvalue weighted by atomic mass is 16.5. The van der Waals surface area contributed by atoms with Gasteiger partial charge in [0.25, 0.3) is 5.91 Å². The van der Waals surface area contributed by atoms with Gasteiger partial charge < -0.3 is 19.8 Å². The van der Waals surface area contributed by atoms with Crippen molar-refractivity contribution in [2.24, 2.45) is 0 Å². The van der Waals surface area contributed by atoms with Crippen LogP contribution in [0.3, 0.4) is 0 Å². The van der Waals surface area contributed by atoms with E-state index in [1.165, 1.54) is 14.0 Å². The largest absolute Gasteiger partial charge is 0.465 e. The van der Waals surface area contributed by atoms with E-state index < -0.39 is 29.7 Å². The quantitative estimate of drug-likeness (QED) is 0.544. The number of amides is 1. The van der Waals surface area contributed by atoms with Crippen molar-refractivity contribution < 1.29 is 28.7 Å². The number of carbonyl (C=O) groups excluding carboxylic acids is 4. The first-order chi connectivity index (χ1) is 13.6. The van der Waals surface area contributed by atoms with Gasteiger partial charge in [0.05, 0.1) is 18.4 Å². The van der Waals surface area contributed by atoms with Crippen LogP contribution in [-0.4, -0.2) is 48.4 Å². The van der Waals surface area contributed by atoms with Crippen LogP contribution in [0, 0.1) is 20.8 Å². The highest BCUT2D eigenvalue weighted by Crippen LogP contribution is 2.20. The number of hydrogen-bond donors (Lipinski definition) is 2. The molecule has 0 aliphatic carbocycles. The number of aromatic amines is 1. The molecule has 1 aromatic carbocycles. The summed E-state index contributed by atoms with van der Waals surface area (Å²) in [6.45, 7) is 6.16. The summed E-state index contributed by atoms with van der Waals surface area (Å²) in [5.41, 5.74) is 2.71. The summed E-state index contributed by atoms with van der Waals surface area (Å²) in [4.78, 5) is 51.4. The minimum atomic E-state index is -1.10. The summed E-state index contributed by atoms with van der Waals surface area (Å²) in [6.07, 6.45) is -1.10. The molecule has 0 spiro atoms. The number of Topliss-reactive ketones (excluding diaryl/α,β-unsaturated/α-hetero) is 1. The molecule has 0 radical (unpaired) electrons. The summed E-state index contributed by atoms with van der Waals surface area (Å²) in [6, 6.07) is 6.93. The molecule has 1 atom stereocenters. The van der Waals surface area contributed by atoms with Crippen LogP contribution >= 0.6 is 0 Å². The molecule has 8 heteroatoms. The van der Waals surface area contributed by atoms with Gasteiger partial charge in [0.2, 0.25) is 5.78 Å². The Morgan fingerprint density at radius 2 is 1.83 bits per heavy atom. The third-order valence-corrected chi connectivity index (χ3v) is 4.42. The maximum Gasteiger partial charge on any atom is 0.339 e. The van der Waals surface area contributed by atoms with Gasteiger partial charge in [0.15, 0.2) is 6.10 Å². The number of aromatic nitrogens is 1. The van der Waals surface area contributed by atoms with Gasteiger partial charge >= 0.3 is 11.9 Å². The smallest absolute Gasteiger partial charge is 0.339 e. The van der Waals surface area contributed by atoms with Crippen molar-refractivity contribution in [3.05, 3.63) is 57.9 Å². The number of carbonyl (C=O) groups is 4. The van der Waals surface area contributed by atoms with Crippen molar-refractivity contribution in [2.75, 3.05) is 13.7 Å². The minimum absolute atomic E-state index is 0.173. The van der Waals surface area contributed by atoms with E-state index in [9.17, 15) is 19.2 Å². The second-order valence-corrected chi connectivity index (χ2v) is 6.67. The molecule has 2 rings (SSSR count). The van der Waals surface area contributed by atoms with E-state index >= 15 is 0 Å². The van der Waals surface area contributed by atoms with E-state index in [1.807, 2.05) is 13.0 Å². The summed E-state index contributed by atoms with van der Waals surface area (Å²) in [7, 11) is 1.26. The number of H-pyrrole nitrogens is 1. The van der Waals surface area contributed by atoms with Crippen molar-refractivity contribution in [1.82, 2.24) is 10.3 Å². The molecule has 29 heavy (non-hydrogen) atoms. The predicted octanol–water partition coefficient (Wildman–Crippen LogP) is 2.27. The average molecular weight is 400 g/mol. The zero-order valence-electron chi connectivity index (χ0n) is 17.0. The van der Waals surface area contributed by atoms with E-state index in [-0.39, 0.29) is 17.8 Å². The van der Waals surface area contributed by atoms with Crippen LogP contribution in [0.5, 0.6) is 0 Å². The maximum atomic E-state index is 12.6. The Balaban J connectivity index is 1.98. The Bertz CT molecular complexity index is 960. The molecule has 0 aliphatic rings. The second kappa shape index (κ2) is 9.18. The van der Waals surface area contributed by atoms with Crippen molar-refractivity contribution in [1.29, 1.82) is 0 Å². The van der Waals surface area contributed by atoms with E-state index in [1.54, 1.807) is 32.0 Å². The Hall–Kier alpha value is -3.42. The molecular formula is C21H24N2O6. The van der Waals surface area contributed by atoms with Crippen LogP contribution in [0.1, 0.15) is 54.9 Å². The fraction of sp³-hybridized carbons (Fsp3) is 0.333. The highest BCUT2D eigenvalue weighted by Gasteiger charge is 2.27. The monoisotopic (exact) mass is 400 g/mol. The molecule has 0 bridgehead atoms. The van der Waals surface area contributed by atoms with Crippen molar-refractivity contribution in [3.8, 4) is 0 Å². The summed E-state index contributed by atoms with van der Waals surface area (Å²) >= 11 is 0. The number of ether oxygens (including phenoxy) is 2. The van der Waals surface area contributed by atoms with E-state index in [0.29, 0.717) is 16.8 Å². The van der Waals surface area contributed by atoms with Crippen molar-refractivity contribution >= 4 is 23.6 Å².